The van der Waals surface area contributed by atoms with Crippen molar-refractivity contribution >= 4 is 18.5 Å². The summed E-state index contributed by atoms with van der Waals surface area (Å²) in [4.78, 5) is 11.2. The number of nitrogens with two attached hydrogens (primary N) is 1. The summed E-state index contributed by atoms with van der Waals surface area (Å²) in [5, 5.41) is 2.74. The quantitative estimate of drug-likeness (QED) is 0.706. The summed E-state index contributed by atoms with van der Waals surface area (Å²) in [5.41, 5.74) is 5.23. The largest absolute Gasteiger partial charge is 0.444 e. The number of carbonyl (C=O) groups is 1. The summed E-state index contributed by atoms with van der Waals surface area (Å²) in [6, 6.07) is 0.211. The van der Waals surface area contributed by atoms with Gasteiger partial charge in [0.15, 0.2) is 0 Å². The fraction of sp³-hybridized carbons (Fsp3) is 0.889. The summed E-state index contributed by atoms with van der Waals surface area (Å²) in [6.07, 6.45) is 1.58. The highest BCUT2D eigenvalue weighted by molar-refractivity contribution is 5.85. The van der Waals surface area contributed by atoms with E-state index in [0.29, 0.717) is 0 Å². The number of halogens is 1. The molecule has 0 bridgehead atoms. The number of carbonyl (C=O) groups excluding carboxylic acids is 1. The SMILES string of the molecule is CC(C)(C)OC(=O)N[C@H]1CC[C@H]1N.Cl. The molecule has 5 heteroatoms. The predicted octanol–water partition coefficient (Wildman–Crippen LogP) is 1.42. The van der Waals surface area contributed by atoms with E-state index in [1.807, 2.05) is 20.8 Å². The minimum absolute atomic E-state index is 0. The van der Waals surface area contributed by atoms with Crippen molar-refractivity contribution in [2.45, 2.75) is 51.3 Å². The second kappa shape index (κ2) is 4.84. The average molecular weight is 223 g/mol. The second-order valence-electron chi connectivity index (χ2n) is 4.49. The number of alkyl carbamates (subject to hydrolysis) is 1. The molecule has 0 saturated heterocycles. The maximum atomic E-state index is 11.2. The van der Waals surface area contributed by atoms with Crippen LogP contribution < -0.4 is 11.1 Å². The van der Waals surface area contributed by atoms with Crippen molar-refractivity contribution in [1.29, 1.82) is 0 Å². The van der Waals surface area contributed by atoms with Crippen LogP contribution in [0.25, 0.3) is 0 Å². The Bertz CT molecular complexity index is 203. The molecule has 3 N–H and O–H groups in total. The van der Waals surface area contributed by atoms with Gasteiger partial charge in [0.05, 0.1) is 0 Å². The van der Waals surface area contributed by atoms with Crippen molar-refractivity contribution < 1.29 is 9.53 Å². The minimum Gasteiger partial charge on any atom is -0.444 e. The zero-order chi connectivity index (χ0) is 10.1. The minimum atomic E-state index is -0.433. The highest BCUT2D eigenvalue weighted by Gasteiger charge is 2.30. The molecule has 4 nitrogen and oxygen atoms in total. The normalized spacial score (nSPS) is 25.7. The van der Waals surface area contributed by atoms with Gasteiger partial charge in [-0.2, -0.15) is 0 Å². The van der Waals surface area contributed by atoms with Gasteiger partial charge >= 0.3 is 6.09 Å². The van der Waals surface area contributed by atoms with Crippen LogP contribution >= 0.6 is 12.4 Å². The molecular weight excluding hydrogens is 204 g/mol. The van der Waals surface area contributed by atoms with Gasteiger partial charge in [0.1, 0.15) is 5.60 Å². The Kier molecular flexibility index (Phi) is 4.68. The van der Waals surface area contributed by atoms with Crippen LogP contribution in [0.5, 0.6) is 0 Å². The van der Waals surface area contributed by atoms with Crippen molar-refractivity contribution in [3.63, 3.8) is 0 Å². The maximum absolute atomic E-state index is 11.2. The molecule has 2 atom stereocenters. The molecule has 0 spiro atoms. The molecule has 14 heavy (non-hydrogen) atoms. The number of hydrogen-bond donors (Lipinski definition) is 2. The summed E-state index contributed by atoms with van der Waals surface area (Å²) < 4.78 is 5.09. The van der Waals surface area contributed by atoms with Crippen LogP contribution in [0.1, 0.15) is 33.6 Å². The molecule has 0 unspecified atom stereocenters. The van der Waals surface area contributed by atoms with E-state index in [0.717, 1.165) is 12.8 Å². The lowest BCUT2D eigenvalue weighted by atomic mass is 9.87. The first-order valence-electron chi connectivity index (χ1n) is 4.63. The van der Waals surface area contributed by atoms with E-state index < -0.39 is 5.60 Å². The van der Waals surface area contributed by atoms with Gasteiger partial charge in [-0.3, -0.25) is 0 Å². The molecule has 84 valence electrons. The number of nitrogens with one attached hydrogen (secondary N) is 1. The van der Waals surface area contributed by atoms with Gasteiger partial charge in [0.25, 0.3) is 0 Å². The highest BCUT2D eigenvalue weighted by atomic mass is 35.5. The molecule has 1 rings (SSSR count). The van der Waals surface area contributed by atoms with E-state index in [4.69, 9.17) is 10.5 Å². The van der Waals surface area contributed by atoms with E-state index in [-0.39, 0.29) is 30.6 Å². The molecule has 0 aromatic heterocycles. The zero-order valence-corrected chi connectivity index (χ0v) is 9.69. The van der Waals surface area contributed by atoms with Crippen molar-refractivity contribution in [1.82, 2.24) is 5.32 Å². The molecule has 0 radical (unpaired) electrons. The third kappa shape index (κ3) is 4.15. The molecule has 0 aromatic rings. The fourth-order valence-electron chi connectivity index (χ4n) is 1.16. The Hall–Kier alpha value is -0.480. The second-order valence-corrected chi connectivity index (χ2v) is 4.49. The zero-order valence-electron chi connectivity index (χ0n) is 8.87. The van der Waals surface area contributed by atoms with Crippen LogP contribution in [0.15, 0.2) is 0 Å². The van der Waals surface area contributed by atoms with Crippen LogP contribution in [0.4, 0.5) is 4.79 Å². The molecule has 1 amide bonds. The molecule has 0 heterocycles. The van der Waals surface area contributed by atoms with E-state index in [1.54, 1.807) is 0 Å². The summed E-state index contributed by atoms with van der Waals surface area (Å²) >= 11 is 0. The van der Waals surface area contributed by atoms with Crippen LogP contribution in [0.3, 0.4) is 0 Å². The first kappa shape index (κ1) is 13.5. The Morgan fingerprint density at radius 1 is 1.43 bits per heavy atom. The predicted molar refractivity (Wildman–Crippen MR) is 57.6 cm³/mol. The van der Waals surface area contributed by atoms with Crippen molar-refractivity contribution in [3.05, 3.63) is 0 Å². The summed E-state index contributed by atoms with van der Waals surface area (Å²) in [5.74, 6) is 0. The first-order valence-corrected chi connectivity index (χ1v) is 4.63. The number of ether oxygens (including phenoxy) is 1. The third-order valence-electron chi connectivity index (χ3n) is 2.03. The number of hydrogen-bond acceptors (Lipinski definition) is 3. The molecule has 0 aliphatic heterocycles. The van der Waals surface area contributed by atoms with E-state index in [2.05, 4.69) is 5.32 Å². The highest BCUT2D eigenvalue weighted by Crippen LogP contribution is 2.18. The first-order chi connectivity index (χ1) is 5.88. The monoisotopic (exact) mass is 222 g/mol. The van der Waals surface area contributed by atoms with Gasteiger partial charge in [-0.1, -0.05) is 0 Å². The topological polar surface area (TPSA) is 64.3 Å². The molecule has 1 aliphatic rings. The lowest BCUT2D eigenvalue weighted by Gasteiger charge is -2.34. The van der Waals surface area contributed by atoms with Crippen LogP contribution in [-0.2, 0) is 4.74 Å². The lowest BCUT2D eigenvalue weighted by Crippen LogP contribution is -2.55. The Balaban J connectivity index is 0.00000169. The van der Waals surface area contributed by atoms with E-state index in [1.165, 1.54) is 0 Å². The molecule has 0 aromatic carbocycles. The summed E-state index contributed by atoms with van der Waals surface area (Å²) in [7, 11) is 0. The van der Waals surface area contributed by atoms with Crippen LogP contribution in [0.2, 0.25) is 0 Å². The smallest absolute Gasteiger partial charge is 0.407 e. The molecular formula is C9H19ClN2O2. The molecule has 1 saturated carbocycles. The van der Waals surface area contributed by atoms with Crippen LogP contribution in [-0.4, -0.2) is 23.8 Å². The van der Waals surface area contributed by atoms with Gasteiger partial charge in [0.2, 0.25) is 0 Å². The summed E-state index contributed by atoms with van der Waals surface area (Å²) in [6.45, 7) is 5.52. The van der Waals surface area contributed by atoms with Crippen LogP contribution in [0, 0.1) is 0 Å². The van der Waals surface area contributed by atoms with Gasteiger partial charge in [0, 0.05) is 12.1 Å². The number of rotatable bonds is 1. The fourth-order valence-corrected chi connectivity index (χ4v) is 1.16. The Morgan fingerprint density at radius 2 is 2.00 bits per heavy atom. The molecule has 1 fully saturated rings. The van der Waals surface area contributed by atoms with Gasteiger partial charge in [-0.05, 0) is 33.6 Å². The number of amides is 1. The molecule has 1 aliphatic carbocycles. The van der Waals surface area contributed by atoms with Crippen molar-refractivity contribution in [2.75, 3.05) is 0 Å². The van der Waals surface area contributed by atoms with Crippen molar-refractivity contribution in [2.24, 2.45) is 5.73 Å². The van der Waals surface area contributed by atoms with E-state index >= 15 is 0 Å². The average Bonchev–Trinajstić information content (AvgIpc) is 1.94. The lowest BCUT2D eigenvalue weighted by molar-refractivity contribution is 0.0467. The van der Waals surface area contributed by atoms with Gasteiger partial charge < -0.3 is 15.8 Å². The Morgan fingerprint density at radius 3 is 2.29 bits per heavy atom. The van der Waals surface area contributed by atoms with Gasteiger partial charge in [-0.15, -0.1) is 12.4 Å². The van der Waals surface area contributed by atoms with E-state index in [9.17, 15) is 4.79 Å². The van der Waals surface area contributed by atoms with Gasteiger partial charge in [-0.25, -0.2) is 4.79 Å². The standard InChI is InChI=1S/C9H18N2O2.ClH/c1-9(2,3)13-8(12)11-7-5-4-6(7)10;/h6-7H,4-5,10H2,1-3H3,(H,11,12);1H/t6-,7+;/m1./s1. The third-order valence-corrected chi connectivity index (χ3v) is 2.03. The maximum Gasteiger partial charge on any atom is 0.407 e. The van der Waals surface area contributed by atoms with Crippen molar-refractivity contribution in [3.8, 4) is 0 Å². The Labute approximate surface area is 91.0 Å².